The van der Waals surface area contributed by atoms with E-state index >= 15 is 4.39 Å². The van der Waals surface area contributed by atoms with Crippen molar-refractivity contribution in [2.45, 2.75) is 0 Å². The summed E-state index contributed by atoms with van der Waals surface area (Å²) in [6.45, 7) is 0. The van der Waals surface area contributed by atoms with E-state index in [0.717, 1.165) is 11.3 Å². The van der Waals surface area contributed by atoms with Crippen LogP contribution in [0.4, 0.5) is 10.1 Å². The van der Waals surface area contributed by atoms with E-state index in [-0.39, 0.29) is 5.91 Å². The molecule has 0 aliphatic heterocycles. The van der Waals surface area contributed by atoms with Crippen LogP contribution >= 0.6 is 0 Å². The minimum absolute atomic E-state index is 0.281. The molecule has 0 unspecified atom stereocenters. The largest absolute Gasteiger partial charge is 0.321 e. The van der Waals surface area contributed by atoms with Crippen LogP contribution in [0.5, 0.6) is 0 Å². The average molecular weight is 527 g/mol. The van der Waals surface area contributed by atoms with Crippen LogP contribution in [-0.2, 0) is 0 Å². The first kappa shape index (κ1) is 23.4. The summed E-state index contributed by atoms with van der Waals surface area (Å²) in [7, 11) is 0. The molecule has 7 rings (SSSR count). The molecular weight excluding hydrogens is 507 g/mol. The normalized spacial score (nSPS) is 11.2. The highest BCUT2D eigenvalue weighted by molar-refractivity contribution is 6.04. The van der Waals surface area contributed by atoms with Crippen molar-refractivity contribution < 1.29 is 9.18 Å². The van der Waals surface area contributed by atoms with Crippen LogP contribution in [0.2, 0.25) is 0 Å². The van der Waals surface area contributed by atoms with E-state index in [2.05, 4.69) is 35.5 Å². The summed E-state index contributed by atoms with van der Waals surface area (Å²) >= 11 is 0. The summed E-state index contributed by atoms with van der Waals surface area (Å²) < 4.78 is 15.3. The summed E-state index contributed by atoms with van der Waals surface area (Å²) in [6.07, 6.45) is 6.49. The zero-order valence-electron chi connectivity index (χ0n) is 20.8. The Kier molecular flexibility index (Phi) is 5.56. The molecule has 2 aromatic carbocycles. The Bertz CT molecular complexity index is 2020. The molecule has 0 atom stereocenters. The number of nitrogens with one attached hydrogen (secondary N) is 3. The van der Waals surface area contributed by atoms with Crippen molar-refractivity contribution >= 4 is 33.7 Å². The third-order valence-corrected chi connectivity index (χ3v) is 6.54. The van der Waals surface area contributed by atoms with Crippen molar-refractivity contribution in [3.05, 3.63) is 109 Å². The van der Waals surface area contributed by atoms with Gasteiger partial charge in [-0.1, -0.05) is 24.3 Å². The van der Waals surface area contributed by atoms with Gasteiger partial charge in [-0.3, -0.25) is 19.9 Å². The quantitative estimate of drug-likeness (QED) is 0.252. The number of carbonyl (C=O) groups is 1. The van der Waals surface area contributed by atoms with E-state index in [0.29, 0.717) is 56.0 Å². The molecule has 10 heteroatoms. The SMILES string of the molecule is O=C(Nc1cncc(-c2cc3c(-c4nc5c(-c6ccccn6)ccnc5[nH]4)n[nH]c3cc2F)c1)c1ccccc1. The number of imidazole rings is 1. The number of aromatic amines is 2. The Morgan fingerprint density at radius 1 is 0.875 bits per heavy atom. The number of hydrogen-bond acceptors (Lipinski definition) is 6. The van der Waals surface area contributed by atoms with E-state index in [1.165, 1.54) is 12.3 Å². The molecule has 0 aliphatic carbocycles. The zero-order chi connectivity index (χ0) is 27.1. The van der Waals surface area contributed by atoms with Gasteiger partial charge in [0.15, 0.2) is 11.5 Å². The number of H-pyrrole nitrogens is 2. The Morgan fingerprint density at radius 2 is 1.75 bits per heavy atom. The molecule has 5 heterocycles. The predicted octanol–water partition coefficient (Wildman–Crippen LogP) is 6.02. The lowest BCUT2D eigenvalue weighted by molar-refractivity contribution is 0.102. The van der Waals surface area contributed by atoms with Crippen molar-refractivity contribution in [1.82, 2.24) is 35.1 Å². The van der Waals surface area contributed by atoms with E-state index in [4.69, 9.17) is 4.98 Å². The molecule has 0 radical (unpaired) electrons. The number of hydrogen-bond donors (Lipinski definition) is 3. The fraction of sp³-hybridized carbons (Fsp3) is 0. The molecule has 9 nitrogen and oxygen atoms in total. The summed E-state index contributed by atoms with van der Waals surface area (Å²) in [4.78, 5) is 33.7. The molecule has 40 heavy (non-hydrogen) atoms. The van der Waals surface area contributed by atoms with Crippen LogP contribution in [0, 0.1) is 5.82 Å². The second kappa shape index (κ2) is 9.52. The summed E-state index contributed by atoms with van der Waals surface area (Å²) in [5, 5.41) is 10.8. The van der Waals surface area contributed by atoms with Gasteiger partial charge < -0.3 is 10.3 Å². The molecule has 1 amide bonds. The second-order valence-electron chi connectivity index (χ2n) is 9.09. The first-order valence-corrected chi connectivity index (χ1v) is 12.4. The first-order chi connectivity index (χ1) is 19.6. The molecule has 192 valence electrons. The lowest BCUT2D eigenvalue weighted by Crippen LogP contribution is -2.11. The Morgan fingerprint density at radius 3 is 2.60 bits per heavy atom. The maximum atomic E-state index is 15.3. The number of pyridine rings is 3. The number of aromatic nitrogens is 7. The molecule has 0 aliphatic rings. The maximum absolute atomic E-state index is 15.3. The van der Waals surface area contributed by atoms with Crippen LogP contribution in [-0.4, -0.2) is 41.0 Å². The summed E-state index contributed by atoms with van der Waals surface area (Å²) in [5.74, 6) is -0.257. The fourth-order valence-corrected chi connectivity index (χ4v) is 4.64. The summed E-state index contributed by atoms with van der Waals surface area (Å²) in [6, 6.07) is 21.1. The standard InChI is InChI=1S/C30H19FN8O/c31-23-14-25-22(13-21(23)18-12-19(16-32-15-18)35-30(40)17-6-2-1-3-7-17)27(39-38-25)29-36-26-20(9-11-34-28(26)37-29)24-8-4-5-10-33-24/h1-16H,(H,35,40)(H,38,39)(H,34,36,37). The van der Waals surface area contributed by atoms with Crippen LogP contribution in [0.15, 0.2) is 97.6 Å². The van der Waals surface area contributed by atoms with Gasteiger partial charge in [-0.25, -0.2) is 14.4 Å². The summed E-state index contributed by atoms with van der Waals surface area (Å²) in [5.41, 5.74) is 5.64. The van der Waals surface area contributed by atoms with Crippen molar-refractivity contribution in [2.24, 2.45) is 0 Å². The van der Waals surface area contributed by atoms with E-state index < -0.39 is 5.82 Å². The van der Waals surface area contributed by atoms with Crippen molar-refractivity contribution in [2.75, 3.05) is 5.32 Å². The van der Waals surface area contributed by atoms with Crippen LogP contribution in [0.1, 0.15) is 10.4 Å². The monoisotopic (exact) mass is 526 g/mol. The van der Waals surface area contributed by atoms with Gasteiger partial charge in [-0.2, -0.15) is 5.10 Å². The van der Waals surface area contributed by atoms with Crippen molar-refractivity contribution in [3.63, 3.8) is 0 Å². The van der Waals surface area contributed by atoms with Gasteiger partial charge in [0, 0.05) is 52.3 Å². The smallest absolute Gasteiger partial charge is 0.255 e. The average Bonchev–Trinajstić information content (AvgIpc) is 3.61. The molecule has 3 N–H and O–H groups in total. The number of benzene rings is 2. The predicted molar refractivity (Wildman–Crippen MR) is 150 cm³/mol. The van der Waals surface area contributed by atoms with Crippen LogP contribution in [0.3, 0.4) is 0 Å². The first-order valence-electron chi connectivity index (χ1n) is 12.4. The van der Waals surface area contributed by atoms with Gasteiger partial charge in [0.25, 0.3) is 5.91 Å². The van der Waals surface area contributed by atoms with Crippen LogP contribution < -0.4 is 5.32 Å². The Hall–Kier alpha value is -5.77. The molecular formula is C30H19FN8O. The molecule has 7 aromatic rings. The van der Waals surface area contributed by atoms with Gasteiger partial charge in [-0.15, -0.1) is 0 Å². The van der Waals surface area contributed by atoms with Gasteiger partial charge in [0.1, 0.15) is 17.0 Å². The second-order valence-corrected chi connectivity index (χ2v) is 9.09. The number of rotatable bonds is 5. The minimum Gasteiger partial charge on any atom is -0.321 e. The molecule has 0 saturated carbocycles. The van der Waals surface area contributed by atoms with Crippen molar-refractivity contribution in [1.29, 1.82) is 0 Å². The maximum Gasteiger partial charge on any atom is 0.255 e. The van der Waals surface area contributed by atoms with Gasteiger partial charge in [-0.05, 0) is 42.5 Å². The Balaban J connectivity index is 1.28. The number of amides is 1. The fourth-order valence-electron chi connectivity index (χ4n) is 4.64. The third kappa shape index (κ3) is 4.13. The number of carbonyl (C=O) groups excluding carboxylic acids is 1. The molecule has 0 fully saturated rings. The van der Waals surface area contributed by atoms with E-state index in [1.54, 1.807) is 55.0 Å². The topological polar surface area (TPSA) is 125 Å². The number of fused-ring (bicyclic) bond motifs is 2. The Labute approximate surface area is 226 Å². The number of nitrogens with zero attached hydrogens (tertiary/aromatic N) is 5. The van der Waals surface area contributed by atoms with Gasteiger partial charge >= 0.3 is 0 Å². The van der Waals surface area contributed by atoms with Gasteiger partial charge in [0.2, 0.25) is 0 Å². The minimum atomic E-state index is -0.459. The highest BCUT2D eigenvalue weighted by Gasteiger charge is 2.19. The molecule has 0 bridgehead atoms. The molecule has 5 aromatic heterocycles. The van der Waals surface area contributed by atoms with Crippen molar-refractivity contribution in [3.8, 4) is 33.9 Å². The zero-order valence-corrected chi connectivity index (χ0v) is 20.8. The van der Waals surface area contributed by atoms with E-state index in [9.17, 15) is 4.79 Å². The lowest BCUT2D eigenvalue weighted by Gasteiger charge is -2.08. The highest BCUT2D eigenvalue weighted by atomic mass is 19.1. The molecule has 0 spiro atoms. The van der Waals surface area contributed by atoms with E-state index in [1.807, 2.05) is 30.3 Å². The lowest BCUT2D eigenvalue weighted by atomic mass is 10.0. The van der Waals surface area contributed by atoms with Crippen LogP contribution in [0.25, 0.3) is 56.0 Å². The third-order valence-electron chi connectivity index (χ3n) is 6.54. The highest BCUT2D eigenvalue weighted by Crippen LogP contribution is 2.34. The van der Waals surface area contributed by atoms with Gasteiger partial charge in [0.05, 0.1) is 23.1 Å². The number of halogens is 1. The number of anilines is 1. The molecule has 0 saturated heterocycles.